The third kappa shape index (κ3) is 3.25. The summed E-state index contributed by atoms with van der Waals surface area (Å²) < 4.78 is 27.2. The van der Waals surface area contributed by atoms with E-state index in [4.69, 9.17) is 9.88 Å². The maximum absolute atomic E-state index is 10.9. The van der Waals surface area contributed by atoms with Crippen LogP contribution in [-0.2, 0) is 14.8 Å². The monoisotopic (exact) mass is 207 g/mol. The Hall–Kier alpha value is -0.130. The highest BCUT2D eigenvalue weighted by Crippen LogP contribution is 2.33. The van der Waals surface area contributed by atoms with Gasteiger partial charge in [0.05, 0.1) is 11.9 Å². The molecule has 0 radical (unpaired) electrons. The van der Waals surface area contributed by atoms with Crippen LogP contribution in [0.3, 0.4) is 0 Å². The zero-order chi connectivity index (χ0) is 10.1. The Morgan fingerprint density at radius 2 is 2.15 bits per heavy atom. The molecule has 0 aromatic rings. The van der Waals surface area contributed by atoms with E-state index in [9.17, 15) is 8.42 Å². The van der Waals surface area contributed by atoms with Crippen LogP contribution in [0.2, 0.25) is 0 Å². The van der Waals surface area contributed by atoms with Gasteiger partial charge >= 0.3 is 0 Å². The second-order valence-electron chi connectivity index (χ2n) is 4.28. The average molecular weight is 207 g/mol. The third-order valence-electron chi connectivity index (χ3n) is 2.54. The van der Waals surface area contributed by atoms with Crippen molar-refractivity contribution in [1.82, 2.24) is 0 Å². The first kappa shape index (κ1) is 10.9. The lowest BCUT2D eigenvalue weighted by atomic mass is 9.81. The molecule has 0 spiro atoms. The number of primary sulfonamides is 1. The van der Waals surface area contributed by atoms with Crippen molar-refractivity contribution in [3.05, 3.63) is 0 Å². The molecule has 0 amide bonds. The standard InChI is InChI=1S/C8H17NO3S/c1-8(2)4-3-5-12-7(8)6-13(9,10)11/h7H,3-6H2,1-2H3,(H2,9,10,11). The van der Waals surface area contributed by atoms with Crippen molar-refractivity contribution < 1.29 is 13.2 Å². The molecule has 0 saturated carbocycles. The number of ether oxygens (including phenoxy) is 1. The van der Waals surface area contributed by atoms with Gasteiger partial charge in [-0.05, 0) is 18.3 Å². The SMILES string of the molecule is CC1(C)CCCOC1CS(N)(=O)=O. The molecule has 1 rings (SSSR count). The van der Waals surface area contributed by atoms with Gasteiger partial charge in [-0.15, -0.1) is 0 Å². The minimum atomic E-state index is -3.42. The maximum Gasteiger partial charge on any atom is 0.211 e. The van der Waals surface area contributed by atoms with Gasteiger partial charge in [0.2, 0.25) is 10.0 Å². The quantitative estimate of drug-likeness (QED) is 0.716. The molecule has 5 heteroatoms. The van der Waals surface area contributed by atoms with Gasteiger partial charge in [0.25, 0.3) is 0 Å². The third-order valence-corrected chi connectivity index (χ3v) is 3.31. The van der Waals surface area contributed by atoms with Crippen molar-refractivity contribution in [3.63, 3.8) is 0 Å². The normalized spacial score (nSPS) is 28.7. The van der Waals surface area contributed by atoms with E-state index in [2.05, 4.69) is 0 Å². The van der Waals surface area contributed by atoms with Crippen molar-refractivity contribution >= 4 is 10.0 Å². The Morgan fingerprint density at radius 3 is 2.62 bits per heavy atom. The van der Waals surface area contributed by atoms with Crippen LogP contribution >= 0.6 is 0 Å². The molecule has 0 aromatic heterocycles. The highest BCUT2D eigenvalue weighted by atomic mass is 32.2. The van der Waals surface area contributed by atoms with Crippen molar-refractivity contribution in [2.75, 3.05) is 12.4 Å². The van der Waals surface area contributed by atoms with Gasteiger partial charge in [-0.3, -0.25) is 0 Å². The predicted octanol–water partition coefficient (Wildman–Crippen LogP) is 0.480. The van der Waals surface area contributed by atoms with Crippen LogP contribution in [-0.4, -0.2) is 26.9 Å². The lowest BCUT2D eigenvalue weighted by Gasteiger charge is -2.37. The minimum Gasteiger partial charge on any atom is -0.377 e. The molecule has 4 nitrogen and oxygen atoms in total. The van der Waals surface area contributed by atoms with Crippen LogP contribution in [0.1, 0.15) is 26.7 Å². The molecule has 1 aliphatic rings. The summed E-state index contributed by atoms with van der Waals surface area (Å²) in [5, 5.41) is 4.98. The first-order valence-electron chi connectivity index (χ1n) is 4.43. The summed E-state index contributed by atoms with van der Waals surface area (Å²) in [6, 6.07) is 0. The van der Waals surface area contributed by atoms with E-state index >= 15 is 0 Å². The molecule has 13 heavy (non-hydrogen) atoms. The molecule has 78 valence electrons. The van der Waals surface area contributed by atoms with Gasteiger partial charge < -0.3 is 4.74 Å². The molecular weight excluding hydrogens is 190 g/mol. The molecule has 1 saturated heterocycles. The molecule has 1 unspecified atom stereocenters. The van der Waals surface area contributed by atoms with E-state index in [1.165, 1.54) is 0 Å². The number of hydrogen-bond acceptors (Lipinski definition) is 3. The van der Waals surface area contributed by atoms with Gasteiger partial charge in [0.1, 0.15) is 0 Å². The van der Waals surface area contributed by atoms with Crippen LogP contribution < -0.4 is 5.14 Å². The summed E-state index contributed by atoms with van der Waals surface area (Å²) in [5.74, 6) is -0.0694. The van der Waals surface area contributed by atoms with Gasteiger partial charge in [-0.1, -0.05) is 13.8 Å². The highest BCUT2D eigenvalue weighted by Gasteiger charge is 2.35. The molecule has 1 heterocycles. The van der Waals surface area contributed by atoms with Gasteiger partial charge in [0, 0.05) is 6.61 Å². The average Bonchev–Trinajstić information content (AvgIpc) is 1.91. The largest absolute Gasteiger partial charge is 0.377 e. The lowest BCUT2D eigenvalue weighted by molar-refractivity contribution is -0.0536. The van der Waals surface area contributed by atoms with E-state index in [0.29, 0.717) is 6.61 Å². The summed E-state index contributed by atoms with van der Waals surface area (Å²) >= 11 is 0. The van der Waals surface area contributed by atoms with E-state index in [1.54, 1.807) is 0 Å². The summed E-state index contributed by atoms with van der Waals surface area (Å²) in [4.78, 5) is 0. The zero-order valence-electron chi connectivity index (χ0n) is 8.12. The number of sulfonamides is 1. The second kappa shape index (κ2) is 3.55. The number of rotatable bonds is 2. The smallest absolute Gasteiger partial charge is 0.211 e. The molecule has 0 aliphatic carbocycles. The van der Waals surface area contributed by atoms with Gasteiger partial charge in [0.15, 0.2) is 0 Å². The van der Waals surface area contributed by atoms with E-state index in [1.807, 2.05) is 13.8 Å². The first-order chi connectivity index (χ1) is 5.81. The van der Waals surface area contributed by atoms with Crippen molar-refractivity contribution in [2.24, 2.45) is 10.6 Å². The van der Waals surface area contributed by atoms with Crippen LogP contribution in [0.25, 0.3) is 0 Å². The van der Waals surface area contributed by atoms with Crippen molar-refractivity contribution in [1.29, 1.82) is 0 Å². The highest BCUT2D eigenvalue weighted by molar-refractivity contribution is 7.89. The summed E-state index contributed by atoms with van der Waals surface area (Å²) in [6.07, 6.45) is 1.73. The van der Waals surface area contributed by atoms with Crippen molar-refractivity contribution in [2.45, 2.75) is 32.8 Å². The van der Waals surface area contributed by atoms with E-state index in [-0.39, 0.29) is 17.3 Å². The summed E-state index contributed by atoms with van der Waals surface area (Å²) in [6.45, 7) is 4.67. The molecular formula is C8H17NO3S. The van der Waals surface area contributed by atoms with Crippen LogP contribution in [0.15, 0.2) is 0 Å². The number of hydrogen-bond donors (Lipinski definition) is 1. The fourth-order valence-corrected chi connectivity index (χ4v) is 2.59. The second-order valence-corrected chi connectivity index (χ2v) is 5.94. The Kier molecular flexibility index (Phi) is 2.99. The Labute approximate surface area is 79.5 Å². The Balaban J connectivity index is 2.67. The van der Waals surface area contributed by atoms with E-state index in [0.717, 1.165) is 12.8 Å². The summed E-state index contributed by atoms with van der Waals surface area (Å²) in [5.41, 5.74) is -0.0787. The maximum atomic E-state index is 10.9. The topological polar surface area (TPSA) is 69.4 Å². The minimum absolute atomic E-state index is 0.0694. The Bertz CT molecular complexity index is 271. The van der Waals surface area contributed by atoms with Crippen LogP contribution in [0.5, 0.6) is 0 Å². The first-order valence-corrected chi connectivity index (χ1v) is 6.15. The van der Waals surface area contributed by atoms with E-state index < -0.39 is 10.0 Å². The molecule has 0 bridgehead atoms. The zero-order valence-corrected chi connectivity index (χ0v) is 8.93. The summed E-state index contributed by atoms with van der Waals surface area (Å²) in [7, 11) is -3.42. The number of nitrogens with two attached hydrogens (primary N) is 1. The fourth-order valence-electron chi connectivity index (χ4n) is 1.62. The molecule has 2 N–H and O–H groups in total. The molecule has 1 aliphatic heterocycles. The lowest BCUT2D eigenvalue weighted by Crippen LogP contribution is -2.43. The van der Waals surface area contributed by atoms with Crippen LogP contribution in [0.4, 0.5) is 0 Å². The molecule has 1 fully saturated rings. The van der Waals surface area contributed by atoms with Gasteiger partial charge in [-0.2, -0.15) is 0 Å². The Morgan fingerprint density at radius 1 is 1.54 bits per heavy atom. The van der Waals surface area contributed by atoms with Crippen LogP contribution in [0, 0.1) is 5.41 Å². The predicted molar refractivity (Wildman–Crippen MR) is 50.7 cm³/mol. The molecule has 0 aromatic carbocycles. The fraction of sp³-hybridized carbons (Fsp3) is 1.00. The molecule has 1 atom stereocenters. The van der Waals surface area contributed by atoms with Gasteiger partial charge in [-0.25, -0.2) is 13.6 Å². The van der Waals surface area contributed by atoms with Crippen molar-refractivity contribution in [3.8, 4) is 0 Å².